The van der Waals surface area contributed by atoms with Gasteiger partial charge in [0, 0.05) is 24.5 Å². The minimum Gasteiger partial charge on any atom is -0.366 e. The Morgan fingerprint density at radius 2 is 1.19 bits per heavy atom. The molecule has 1 unspecified atom stereocenters. The molecule has 8 nitrogen and oxygen atoms in total. The van der Waals surface area contributed by atoms with Crippen molar-refractivity contribution in [3.05, 3.63) is 64.8 Å². The number of hydrogen-bond acceptors (Lipinski definition) is 5. The number of ketones is 1. The fraction of sp³-hybridized carbons (Fsp3) is 0.694. The summed E-state index contributed by atoms with van der Waals surface area (Å²) in [5, 5.41) is 3.00. The van der Waals surface area contributed by atoms with E-state index >= 15 is 0 Å². The van der Waals surface area contributed by atoms with Crippen LogP contribution in [-0.2, 0) is 24.5 Å². The third-order valence-corrected chi connectivity index (χ3v) is 9.93. The Kier molecular flexibility index (Phi) is 46.3. The van der Waals surface area contributed by atoms with E-state index in [0.29, 0.717) is 24.0 Å². The number of allylic oxidation sites excluding steroid dienone is 5. The normalized spacial score (nSPS) is 11.9. The predicted octanol–water partition coefficient (Wildman–Crippen LogP) is 13.7. The van der Waals surface area contributed by atoms with E-state index in [1.165, 1.54) is 109 Å². The number of aryl methyl sites for hydroxylation is 2. The Labute approximate surface area is 358 Å². The van der Waals surface area contributed by atoms with Crippen LogP contribution < -0.4 is 11.1 Å². The summed E-state index contributed by atoms with van der Waals surface area (Å²) in [4.78, 5) is 33.9. The highest BCUT2D eigenvalue weighted by Crippen LogP contribution is 2.16. The summed E-state index contributed by atoms with van der Waals surface area (Å²) < 4.78 is 30.3. The molecule has 2 amide bonds. The smallest absolute Gasteiger partial charge is 0.294 e. The molecular formula is C49H90N2O6S. The van der Waals surface area contributed by atoms with Crippen molar-refractivity contribution in [1.82, 2.24) is 5.32 Å². The lowest BCUT2D eigenvalue weighted by molar-refractivity contribution is -0.128. The number of carbonyl (C=O) groups is 3. The van der Waals surface area contributed by atoms with Crippen molar-refractivity contribution in [2.24, 2.45) is 11.7 Å². The highest BCUT2D eigenvalue weighted by Gasteiger charge is 2.17. The van der Waals surface area contributed by atoms with Crippen molar-refractivity contribution in [3.63, 3.8) is 0 Å². The first-order valence-corrected chi connectivity index (χ1v) is 24.2. The molecule has 1 aliphatic carbocycles. The van der Waals surface area contributed by atoms with Crippen molar-refractivity contribution in [2.45, 2.75) is 216 Å². The summed E-state index contributed by atoms with van der Waals surface area (Å²) in [5.41, 5.74) is 8.29. The molecule has 0 heterocycles. The summed E-state index contributed by atoms with van der Waals surface area (Å²) >= 11 is 0. The third kappa shape index (κ3) is 39.8. The second kappa shape index (κ2) is 43.5. The number of primary amides is 1. The van der Waals surface area contributed by atoms with Crippen LogP contribution in [0.15, 0.2) is 58.5 Å². The maximum atomic E-state index is 12.0. The summed E-state index contributed by atoms with van der Waals surface area (Å²) in [6, 6.07) is 4.91. The number of amides is 2. The van der Waals surface area contributed by atoms with Gasteiger partial charge in [-0.05, 0) is 64.2 Å². The highest BCUT2D eigenvalue weighted by atomic mass is 32.2. The van der Waals surface area contributed by atoms with Gasteiger partial charge in [-0.2, -0.15) is 8.42 Å². The van der Waals surface area contributed by atoms with Gasteiger partial charge in [0.25, 0.3) is 10.1 Å². The maximum absolute atomic E-state index is 12.0. The monoisotopic (exact) mass is 835 g/mol. The van der Waals surface area contributed by atoms with Gasteiger partial charge in [-0.25, -0.2) is 0 Å². The number of Topliss-reactive ketones (excluding diaryl/α,β-unsaturated/α-hetero) is 1. The number of carbonyl (C=O) groups excluding carboxylic acids is 3. The van der Waals surface area contributed by atoms with Crippen molar-refractivity contribution in [1.29, 1.82) is 0 Å². The standard InChI is InChI=1S/C25H49NO2.C9H11NO.C8H10O3S.C3H8.2C2H6/c1-4-6-7-8-9-10-11-12-13-14-15-16-17-18-19-20-21-26-25(28)24(5-2)22-23(3)27;1-7-3-2-4-8(6-5-7)9(10)11;1-6-3-4-7(2)8(5-6)12(9,10)11;1-3-2;2*1-2/h24H,4-22H2,1-3H3,(H,26,28);2-3,5-6H,4H2,1H3,(H2,10,11);3-5H,1-2H3,(H,9,10,11);3H2,1-2H3;2*1-2H3. The van der Waals surface area contributed by atoms with Crippen LogP contribution in [-0.4, -0.2) is 37.1 Å². The molecule has 1 aliphatic rings. The molecule has 0 spiro atoms. The number of unbranched alkanes of at least 4 members (excludes halogenated alkanes) is 15. The van der Waals surface area contributed by atoms with E-state index < -0.39 is 10.1 Å². The molecule has 1 aromatic rings. The Morgan fingerprint density at radius 3 is 1.57 bits per heavy atom. The van der Waals surface area contributed by atoms with Gasteiger partial charge in [-0.1, -0.05) is 200 Å². The second-order valence-electron chi connectivity index (χ2n) is 14.6. The number of rotatable bonds is 23. The first-order valence-electron chi connectivity index (χ1n) is 22.8. The van der Waals surface area contributed by atoms with E-state index in [9.17, 15) is 22.8 Å². The lowest BCUT2D eigenvalue weighted by Gasteiger charge is -2.13. The lowest BCUT2D eigenvalue weighted by atomic mass is 9.99. The maximum Gasteiger partial charge on any atom is 0.294 e. The SMILES string of the molecule is CC.CC.CC1=CC=C(C(N)=O)CC=C1.CCC.CCCCCCCCCCCCCCCCCCNC(=O)C(CC)CC(C)=O.Cc1ccc(C)c(S(=O)(=O)O)c1. The lowest BCUT2D eigenvalue weighted by Crippen LogP contribution is -2.32. The minimum absolute atomic E-state index is 0.0116. The number of nitrogens with two attached hydrogens (primary N) is 1. The molecule has 1 atom stereocenters. The van der Waals surface area contributed by atoms with Gasteiger partial charge in [-0.15, -0.1) is 0 Å². The molecule has 4 N–H and O–H groups in total. The molecule has 0 saturated heterocycles. The van der Waals surface area contributed by atoms with E-state index in [4.69, 9.17) is 10.3 Å². The van der Waals surface area contributed by atoms with Crippen LogP contribution in [0.4, 0.5) is 0 Å². The van der Waals surface area contributed by atoms with Gasteiger partial charge in [0.15, 0.2) is 0 Å². The summed E-state index contributed by atoms with van der Waals surface area (Å²) in [7, 11) is -4.06. The molecule has 2 rings (SSSR count). The van der Waals surface area contributed by atoms with Gasteiger partial charge in [-0.3, -0.25) is 14.1 Å². The van der Waals surface area contributed by atoms with Crippen molar-refractivity contribution in [3.8, 4) is 0 Å². The van der Waals surface area contributed by atoms with E-state index in [1.807, 2.05) is 59.8 Å². The molecule has 0 aliphatic heterocycles. The average molecular weight is 835 g/mol. The molecule has 58 heavy (non-hydrogen) atoms. The summed E-state index contributed by atoms with van der Waals surface area (Å²) in [6.07, 6.45) is 32.4. The Hall–Kier alpha value is -3.04. The second-order valence-corrected chi connectivity index (χ2v) is 16.0. The fourth-order valence-corrected chi connectivity index (χ4v) is 6.50. The molecule has 0 aromatic heterocycles. The average Bonchev–Trinajstić information content (AvgIpc) is 3.42. The zero-order valence-electron chi connectivity index (χ0n) is 39.4. The van der Waals surface area contributed by atoms with Gasteiger partial charge in [0.1, 0.15) is 5.78 Å². The zero-order valence-corrected chi connectivity index (χ0v) is 40.3. The molecule has 338 valence electrons. The number of benzene rings is 1. The predicted molar refractivity (Wildman–Crippen MR) is 251 cm³/mol. The van der Waals surface area contributed by atoms with Crippen LogP contribution in [0.2, 0.25) is 0 Å². The van der Waals surface area contributed by atoms with E-state index in [0.717, 1.165) is 30.5 Å². The van der Waals surface area contributed by atoms with Gasteiger partial charge in [0.2, 0.25) is 11.8 Å². The largest absolute Gasteiger partial charge is 0.366 e. The van der Waals surface area contributed by atoms with Gasteiger partial charge in [0.05, 0.1) is 4.90 Å². The molecular weight excluding hydrogens is 745 g/mol. The zero-order chi connectivity index (χ0) is 45.2. The van der Waals surface area contributed by atoms with E-state index in [1.54, 1.807) is 39.0 Å². The van der Waals surface area contributed by atoms with E-state index in [2.05, 4.69) is 26.1 Å². The number of nitrogens with one attached hydrogen (secondary N) is 1. The Morgan fingerprint density at radius 1 is 0.741 bits per heavy atom. The van der Waals surface area contributed by atoms with Crippen LogP contribution in [0.3, 0.4) is 0 Å². The molecule has 0 saturated carbocycles. The molecule has 9 heteroatoms. The summed E-state index contributed by atoms with van der Waals surface area (Å²) in [6.45, 7) is 24.2. The highest BCUT2D eigenvalue weighted by molar-refractivity contribution is 7.85. The first-order chi connectivity index (χ1) is 27.6. The van der Waals surface area contributed by atoms with Crippen LogP contribution >= 0.6 is 0 Å². The first kappa shape index (κ1) is 61.6. The van der Waals surface area contributed by atoms with Crippen molar-refractivity contribution >= 4 is 27.7 Å². The minimum atomic E-state index is -4.06. The van der Waals surface area contributed by atoms with Gasteiger partial charge >= 0.3 is 0 Å². The Bertz CT molecular complexity index is 1360. The third-order valence-electron chi connectivity index (χ3n) is 8.93. The van der Waals surface area contributed by atoms with Crippen LogP contribution in [0.25, 0.3) is 0 Å². The van der Waals surface area contributed by atoms with Crippen LogP contribution in [0, 0.1) is 19.8 Å². The van der Waals surface area contributed by atoms with Crippen LogP contribution in [0.5, 0.6) is 0 Å². The van der Waals surface area contributed by atoms with Gasteiger partial charge < -0.3 is 15.8 Å². The van der Waals surface area contributed by atoms with Crippen LogP contribution in [0.1, 0.15) is 209 Å². The van der Waals surface area contributed by atoms with Crippen molar-refractivity contribution in [2.75, 3.05) is 6.54 Å². The topological polar surface area (TPSA) is 144 Å². The molecule has 0 bridgehead atoms. The number of hydrogen-bond donors (Lipinski definition) is 3. The fourth-order valence-electron chi connectivity index (χ4n) is 5.69. The van der Waals surface area contributed by atoms with E-state index in [-0.39, 0.29) is 28.4 Å². The summed E-state index contributed by atoms with van der Waals surface area (Å²) in [5.74, 6) is -0.317. The molecule has 1 aromatic carbocycles. The quantitative estimate of drug-likeness (QED) is 0.0740. The molecule has 0 fully saturated rings. The van der Waals surface area contributed by atoms with Crippen molar-refractivity contribution < 1.29 is 27.4 Å². The Balaban J connectivity index is -0.000000396. The molecule has 0 radical (unpaired) electrons.